The average molecular weight is 349 g/mol. The molecule has 0 saturated carbocycles. The second-order valence-electron chi connectivity index (χ2n) is 6.17. The number of hydrogen-bond donors (Lipinski definition) is 1. The normalized spacial score (nSPS) is 12.6. The van der Waals surface area contributed by atoms with Crippen molar-refractivity contribution < 1.29 is 4.74 Å². The Morgan fingerprint density at radius 3 is 1.64 bits per heavy atom. The van der Waals surface area contributed by atoms with Crippen molar-refractivity contribution in [3.05, 3.63) is 84.9 Å². The number of benzene rings is 3. The summed E-state index contributed by atoms with van der Waals surface area (Å²) in [6.45, 7) is 4.19. The van der Waals surface area contributed by atoms with Gasteiger partial charge in [-0.2, -0.15) is 0 Å². The third-order valence-corrected chi connectivity index (χ3v) is 7.64. The molecule has 0 heterocycles. The maximum atomic E-state index is 9.46. The van der Waals surface area contributed by atoms with Gasteiger partial charge in [0.2, 0.25) is 0 Å². The lowest BCUT2D eigenvalue weighted by molar-refractivity contribution is 0.217. The first-order valence-corrected chi connectivity index (χ1v) is 10.5. The van der Waals surface area contributed by atoms with E-state index in [2.05, 4.69) is 50.2 Å². The SMILES string of the molecule is CCC(C)Oc1ccc(P(=N)(c2ccccc2)c2ccccc2)cc1. The van der Waals surface area contributed by atoms with E-state index in [0.29, 0.717) is 0 Å². The summed E-state index contributed by atoms with van der Waals surface area (Å²) in [6, 6.07) is 28.4. The van der Waals surface area contributed by atoms with Crippen molar-refractivity contribution in [2.75, 3.05) is 0 Å². The monoisotopic (exact) mass is 349 g/mol. The Hall–Kier alpha value is -2.31. The predicted molar refractivity (Wildman–Crippen MR) is 108 cm³/mol. The van der Waals surface area contributed by atoms with Crippen LogP contribution in [0.5, 0.6) is 5.75 Å². The molecule has 3 aromatic rings. The minimum atomic E-state index is -2.39. The molecule has 1 atom stereocenters. The van der Waals surface area contributed by atoms with Crippen molar-refractivity contribution in [2.24, 2.45) is 0 Å². The minimum absolute atomic E-state index is 0.199. The highest BCUT2D eigenvalue weighted by Crippen LogP contribution is 2.43. The van der Waals surface area contributed by atoms with Crippen LogP contribution in [0.2, 0.25) is 0 Å². The summed E-state index contributed by atoms with van der Waals surface area (Å²) in [5.74, 6) is 0.866. The van der Waals surface area contributed by atoms with Crippen LogP contribution >= 0.6 is 7.05 Å². The van der Waals surface area contributed by atoms with Gasteiger partial charge < -0.3 is 9.90 Å². The van der Waals surface area contributed by atoms with Crippen LogP contribution in [-0.4, -0.2) is 6.10 Å². The van der Waals surface area contributed by atoms with Crippen LogP contribution in [0.4, 0.5) is 0 Å². The molecular formula is C22H24NOP. The average Bonchev–Trinajstić information content (AvgIpc) is 2.69. The van der Waals surface area contributed by atoms with Gasteiger partial charge in [-0.3, -0.25) is 0 Å². The number of hydrogen-bond acceptors (Lipinski definition) is 2. The van der Waals surface area contributed by atoms with Crippen LogP contribution in [0.15, 0.2) is 84.9 Å². The lowest BCUT2D eigenvalue weighted by Gasteiger charge is -2.24. The summed E-state index contributed by atoms with van der Waals surface area (Å²) in [5.41, 5.74) is 0. The van der Waals surface area contributed by atoms with Crippen molar-refractivity contribution in [1.82, 2.24) is 0 Å². The molecule has 3 rings (SSSR count). The lowest BCUT2D eigenvalue weighted by Crippen LogP contribution is -2.24. The van der Waals surface area contributed by atoms with Gasteiger partial charge in [-0.15, -0.1) is 0 Å². The highest BCUT2D eigenvalue weighted by atomic mass is 31.2. The van der Waals surface area contributed by atoms with Crippen molar-refractivity contribution in [2.45, 2.75) is 26.4 Å². The standard InChI is InChI=1S/C22H24NOP/c1-3-18(2)24-19-14-16-22(17-15-19)25(23,20-10-6-4-7-11-20)21-12-8-5-9-13-21/h4-18,23H,3H2,1-2H3. The Kier molecular flexibility index (Phi) is 5.40. The fourth-order valence-corrected chi connectivity index (χ4v) is 5.54. The van der Waals surface area contributed by atoms with E-state index in [1.54, 1.807) is 0 Å². The molecule has 2 nitrogen and oxygen atoms in total. The summed E-state index contributed by atoms with van der Waals surface area (Å²) in [6.07, 6.45) is 1.18. The van der Waals surface area contributed by atoms with E-state index in [1.807, 2.05) is 48.5 Å². The smallest absolute Gasteiger partial charge is 0.119 e. The van der Waals surface area contributed by atoms with Crippen LogP contribution < -0.4 is 20.7 Å². The van der Waals surface area contributed by atoms with E-state index in [-0.39, 0.29) is 6.10 Å². The molecule has 0 aliphatic rings. The first-order valence-electron chi connectivity index (χ1n) is 8.67. The van der Waals surface area contributed by atoms with E-state index in [9.17, 15) is 5.16 Å². The van der Waals surface area contributed by atoms with Gasteiger partial charge in [0.15, 0.2) is 0 Å². The zero-order valence-electron chi connectivity index (χ0n) is 14.7. The zero-order valence-corrected chi connectivity index (χ0v) is 15.6. The van der Waals surface area contributed by atoms with Crippen LogP contribution in [0, 0.1) is 5.16 Å². The molecule has 1 unspecified atom stereocenters. The Morgan fingerprint density at radius 1 is 0.760 bits per heavy atom. The lowest BCUT2D eigenvalue weighted by atomic mass is 10.3. The van der Waals surface area contributed by atoms with Gasteiger partial charge in [-0.1, -0.05) is 67.6 Å². The number of nitrogens with one attached hydrogen (secondary N) is 1. The molecule has 0 fully saturated rings. The zero-order chi connectivity index (χ0) is 17.7. The van der Waals surface area contributed by atoms with Crippen molar-refractivity contribution in [1.29, 1.82) is 5.16 Å². The van der Waals surface area contributed by atoms with Crippen LogP contribution in [0.25, 0.3) is 0 Å². The van der Waals surface area contributed by atoms with Crippen LogP contribution in [0.3, 0.4) is 0 Å². The molecule has 1 N–H and O–H groups in total. The molecule has 0 amide bonds. The second-order valence-corrected chi connectivity index (χ2v) is 9.06. The molecule has 0 saturated heterocycles. The van der Waals surface area contributed by atoms with Crippen molar-refractivity contribution >= 4 is 23.0 Å². The first-order chi connectivity index (χ1) is 12.1. The van der Waals surface area contributed by atoms with E-state index >= 15 is 0 Å². The van der Waals surface area contributed by atoms with Gasteiger partial charge in [0.25, 0.3) is 0 Å². The van der Waals surface area contributed by atoms with Crippen LogP contribution in [-0.2, 0) is 0 Å². The molecule has 3 aromatic carbocycles. The predicted octanol–water partition coefficient (Wildman–Crippen LogP) is 4.92. The Morgan fingerprint density at radius 2 is 1.20 bits per heavy atom. The molecule has 3 heteroatoms. The van der Waals surface area contributed by atoms with Crippen LogP contribution in [0.1, 0.15) is 20.3 Å². The van der Waals surface area contributed by atoms with Gasteiger partial charge in [0.05, 0.1) is 13.2 Å². The van der Waals surface area contributed by atoms with Gasteiger partial charge in [0.1, 0.15) is 5.75 Å². The molecule has 0 aliphatic heterocycles. The third-order valence-electron chi connectivity index (χ3n) is 4.42. The molecular weight excluding hydrogens is 325 g/mol. The summed E-state index contributed by atoms with van der Waals surface area (Å²) < 4.78 is 5.89. The van der Waals surface area contributed by atoms with Gasteiger partial charge >= 0.3 is 0 Å². The molecule has 0 aromatic heterocycles. The highest BCUT2D eigenvalue weighted by molar-refractivity contribution is 7.86. The first kappa shape index (κ1) is 17.5. The van der Waals surface area contributed by atoms with Gasteiger partial charge in [-0.05, 0) is 48.2 Å². The fourth-order valence-electron chi connectivity index (χ4n) is 2.81. The molecule has 0 spiro atoms. The molecule has 0 radical (unpaired) electrons. The van der Waals surface area contributed by atoms with Crippen molar-refractivity contribution in [3.8, 4) is 5.75 Å². The summed E-state index contributed by atoms with van der Waals surface area (Å²) >= 11 is 0. The maximum absolute atomic E-state index is 9.46. The Balaban J connectivity index is 2.06. The summed E-state index contributed by atoms with van der Waals surface area (Å²) in [7, 11) is -2.39. The van der Waals surface area contributed by atoms with E-state index in [4.69, 9.17) is 4.74 Å². The second kappa shape index (κ2) is 7.72. The molecule has 25 heavy (non-hydrogen) atoms. The summed E-state index contributed by atoms with van der Waals surface area (Å²) in [4.78, 5) is 0. The maximum Gasteiger partial charge on any atom is 0.119 e. The largest absolute Gasteiger partial charge is 0.491 e. The van der Waals surface area contributed by atoms with E-state index in [0.717, 1.165) is 28.1 Å². The molecule has 0 aliphatic carbocycles. The number of rotatable bonds is 6. The Bertz CT molecular complexity index is 801. The van der Waals surface area contributed by atoms with Gasteiger partial charge in [0, 0.05) is 5.30 Å². The topological polar surface area (TPSA) is 33.1 Å². The highest BCUT2D eigenvalue weighted by Gasteiger charge is 2.24. The quantitative estimate of drug-likeness (QED) is 0.630. The third kappa shape index (κ3) is 3.70. The fraction of sp³-hybridized carbons (Fsp3) is 0.182. The molecule has 0 bridgehead atoms. The van der Waals surface area contributed by atoms with Crippen molar-refractivity contribution in [3.63, 3.8) is 0 Å². The Labute approximate surface area is 150 Å². The van der Waals surface area contributed by atoms with E-state index < -0.39 is 7.05 Å². The molecule has 128 valence electrons. The minimum Gasteiger partial charge on any atom is -0.491 e. The summed E-state index contributed by atoms with van der Waals surface area (Å²) in [5, 5.41) is 12.6. The van der Waals surface area contributed by atoms with E-state index in [1.165, 1.54) is 0 Å². The number of ether oxygens (including phenoxy) is 1. The van der Waals surface area contributed by atoms with Gasteiger partial charge in [-0.25, -0.2) is 0 Å².